The molecule has 0 aliphatic rings. The van der Waals surface area contributed by atoms with Gasteiger partial charge in [-0.05, 0) is 53.0 Å². The van der Waals surface area contributed by atoms with E-state index in [1.54, 1.807) is 0 Å². The summed E-state index contributed by atoms with van der Waals surface area (Å²) in [7, 11) is 1.96. The van der Waals surface area contributed by atoms with Gasteiger partial charge >= 0.3 is 0 Å². The van der Waals surface area contributed by atoms with Gasteiger partial charge in [0.2, 0.25) is 0 Å². The summed E-state index contributed by atoms with van der Waals surface area (Å²) in [6.45, 7) is 4.48. The van der Waals surface area contributed by atoms with Gasteiger partial charge in [0.15, 0.2) is 0 Å². The standard InChI is InChI=1S/C14H21BrFN/c1-4-5-10(2)8-14(17-3)11-6-7-13(16)12(15)9-11/h6-7,9-10,14,17H,4-5,8H2,1-3H3. The summed E-state index contributed by atoms with van der Waals surface area (Å²) >= 11 is 3.24. The van der Waals surface area contributed by atoms with E-state index in [9.17, 15) is 4.39 Å². The van der Waals surface area contributed by atoms with Crippen LogP contribution in [0, 0.1) is 11.7 Å². The average Bonchev–Trinajstić information content (AvgIpc) is 2.30. The molecule has 0 aliphatic carbocycles. The van der Waals surface area contributed by atoms with Crippen molar-refractivity contribution in [3.63, 3.8) is 0 Å². The van der Waals surface area contributed by atoms with Gasteiger partial charge in [0.1, 0.15) is 5.82 Å². The number of nitrogens with one attached hydrogen (secondary N) is 1. The normalized spacial score (nSPS) is 14.6. The number of benzene rings is 1. The first kappa shape index (κ1) is 14.7. The van der Waals surface area contributed by atoms with E-state index in [4.69, 9.17) is 0 Å². The van der Waals surface area contributed by atoms with Crippen molar-refractivity contribution >= 4 is 15.9 Å². The molecule has 0 radical (unpaired) electrons. The van der Waals surface area contributed by atoms with E-state index in [-0.39, 0.29) is 5.82 Å². The Kier molecular flexibility index (Phi) is 6.14. The van der Waals surface area contributed by atoms with Gasteiger partial charge in [0.05, 0.1) is 4.47 Å². The lowest BCUT2D eigenvalue weighted by Crippen LogP contribution is -2.19. The summed E-state index contributed by atoms with van der Waals surface area (Å²) in [5.74, 6) is 0.478. The third-order valence-corrected chi connectivity index (χ3v) is 3.72. The zero-order chi connectivity index (χ0) is 12.8. The maximum atomic E-state index is 13.2. The van der Waals surface area contributed by atoms with Gasteiger partial charge < -0.3 is 5.32 Å². The predicted molar refractivity (Wildman–Crippen MR) is 74.6 cm³/mol. The summed E-state index contributed by atoms with van der Waals surface area (Å²) < 4.78 is 13.7. The fourth-order valence-electron chi connectivity index (χ4n) is 2.16. The fourth-order valence-corrected chi connectivity index (χ4v) is 2.56. The Morgan fingerprint density at radius 1 is 1.41 bits per heavy atom. The molecule has 2 atom stereocenters. The molecule has 1 N–H and O–H groups in total. The Labute approximate surface area is 112 Å². The molecule has 1 aromatic rings. The van der Waals surface area contributed by atoms with Crippen LogP contribution in [-0.2, 0) is 0 Å². The summed E-state index contributed by atoms with van der Waals surface area (Å²) in [5, 5.41) is 3.31. The molecule has 1 nitrogen and oxygen atoms in total. The topological polar surface area (TPSA) is 12.0 Å². The monoisotopic (exact) mass is 301 g/mol. The molecule has 0 aromatic heterocycles. The second-order valence-corrected chi connectivity index (χ2v) is 5.50. The van der Waals surface area contributed by atoms with Crippen LogP contribution in [0.4, 0.5) is 4.39 Å². The SMILES string of the molecule is CCCC(C)CC(NC)c1ccc(F)c(Br)c1. The van der Waals surface area contributed by atoms with Gasteiger partial charge in [-0.2, -0.15) is 0 Å². The molecule has 1 rings (SSSR count). The first-order valence-corrected chi connectivity index (χ1v) is 7.00. The second-order valence-electron chi connectivity index (χ2n) is 4.64. The van der Waals surface area contributed by atoms with E-state index in [1.165, 1.54) is 18.9 Å². The van der Waals surface area contributed by atoms with Gasteiger partial charge in [-0.15, -0.1) is 0 Å². The zero-order valence-corrected chi connectivity index (χ0v) is 12.3. The lowest BCUT2D eigenvalue weighted by molar-refractivity contribution is 0.406. The van der Waals surface area contributed by atoms with Crippen LogP contribution in [0.3, 0.4) is 0 Å². The van der Waals surface area contributed by atoms with Crippen LogP contribution in [0.5, 0.6) is 0 Å². The number of hydrogen-bond acceptors (Lipinski definition) is 1. The van der Waals surface area contributed by atoms with Crippen LogP contribution < -0.4 is 5.32 Å². The first-order chi connectivity index (χ1) is 8.08. The molecule has 0 aliphatic heterocycles. The minimum Gasteiger partial charge on any atom is -0.313 e. The summed E-state index contributed by atoms with van der Waals surface area (Å²) in [6.07, 6.45) is 3.54. The molecule has 0 saturated carbocycles. The van der Waals surface area contributed by atoms with Gasteiger partial charge in [-0.3, -0.25) is 0 Å². The molecule has 1 aromatic carbocycles. The third-order valence-electron chi connectivity index (χ3n) is 3.11. The third kappa shape index (κ3) is 4.40. The minimum atomic E-state index is -0.204. The fraction of sp³-hybridized carbons (Fsp3) is 0.571. The van der Waals surface area contributed by atoms with Gasteiger partial charge in [-0.1, -0.05) is 32.8 Å². The average molecular weight is 302 g/mol. The zero-order valence-electron chi connectivity index (χ0n) is 10.8. The molecular formula is C14H21BrFN. The lowest BCUT2D eigenvalue weighted by atomic mass is 9.93. The van der Waals surface area contributed by atoms with Crippen molar-refractivity contribution in [1.82, 2.24) is 5.32 Å². The van der Waals surface area contributed by atoms with E-state index < -0.39 is 0 Å². The number of hydrogen-bond donors (Lipinski definition) is 1. The molecule has 0 saturated heterocycles. The Bertz CT molecular complexity index is 354. The van der Waals surface area contributed by atoms with E-state index in [0.29, 0.717) is 16.4 Å². The molecule has 0 heterocycles. The molecule has 0 amide bonds. The Balaban J connectivity index is 2.75. The number of rotatable bonds is 6. The van der Waals surface area contributed by atoms with Crippen molar-refractivity contribution in [2.45, 2.75) is 39.2 Å². The van der Waals surface area contributed by atoms with Crippen molar-refractivity contribution in [3.8, 4) is 0 Å². The van der Waals surface area contributed by atoms with Crippen molar-refractivity contribution in [2.24, 2.45) is 5.92 Å². The van der Waals surface area contributed by atoms with Gasteiger partial charge in [0.25, 0.3) is 0 Å². The van der Waals surface area contributed by atoms with Gasteiger partial charge in [0, 0.05) is 6.04 Å². The number of halogens is 2. The van der Waals surface area contributed by atoms with Crippen LogP contribution in [-0.4, -0.2) is 7.05 Å². The highest BCUT2D eigenvalue weighted by Crippen LogP contribution is 2.26. The van der Waals surface area contributed by atoms with Crippen LogP contribution in [0.25, 0.3) is 0 Å². The van der Waals surface area contributed by atoms with Crippen LogP contribution in [0.2, 0.25) is 0 Å². The van der Waals surface area contributed by atoms with E-state index >= 15 is 0 Å². The van der Waals surface area contributed by atoms with Crippen LogP contribution in [0.1, 0.15) is 44.7 Å². The molecule has 17 heavy (non-hydrogen) atoms. The molecule has 0 fully saturated rings. The molecule has 0 bridgehead atoms. The molecular weight excluding hydrogens is 281 g/mol. The van der Waals surface area contributed by atoms with Crippen molar-refractivity contribution in [1.29, 1.82) is 0 Å². The van der Waals surface area contributed by atoms with Crippen molar-refractivity contribution in [2.75, 3.05) is 7.05 Å². The van der Waals surface area contributed by atoms with E-state index in [1.807, 2.05) is 19.2 Å². The van der Waals surface area contributed by atoms with Crippen molar-refractivity contribution < 1.29 is 4.39 Å². The molecule has 3 heteroatoms. The highest BCUT2D eigenvalue weighted by Gasteiger charge is 2.14. The molecule has 0 spiro atoms. The van der Waals surface area contributed by atoms with Crippen LogP contribution in [0.15, 0.2) is 22.7 Å². The largest absolute Gasteiger partial charge is 0.313 e. The highest BCUT2D eigenvalue weighted by atomic mass is 79.9. The van der Waals surface area contributed by atoms with E-state index in [0.717, 1.165) is 12.0 Å². The Hall–Kier alpha value is -0.410. The highest BCUT2D eigenvalue weighted by molar-refractivity contribution is 9.10. The molecule has 2 unspecified atom stereocenters. The quantitative estimate of drug-likeness (QED) is 0.805. The first-order valence-electron chi connectivity index (χ1n) is 6.20. The minimum absolute atomic E-state index is 0.204. The van der Waals surface area contributed by atoms with Crippen LogP contribution >= 0.6 is 15.9 Å². The maximum Gasteiger partial charge on any atom is 0.137 e. The summed E-state index contributed by atoms with van der Waals surface area (Å²) in [5.41, 5.74) is 1.14. The maximum absolute atomic E-state index is 13.2. The lowest BCUT2D eigenvalue weighted by Gasteiger charge is -2.21. The molecule has 96 valence electrons. The summed E-state index contributed by atoms with van der Waals surface area (Å²) in [6, 6.07) is 5.55. The smallest absolute Gasteiger partial charge is 0.137 e. The Morgan fingerprint density at radius 3 is 2.65 bits per heavy atom. The van der Waals surface area contributed by atoms with Crippen molar-refractivity contribution in [3.05, 3.63) is 34.1 Å². The second kappa shape index (κ2) is 7.12. The van der Waals surface area contributed by atoms with E-state index in [2.05, 4.69) is 35.1 Å². The predicted octanol–water partition coefficient (Wildman–Crippen LogP) is 4.68. The Morgan fingerprint density at radius 2 is 2.12 bits per heavy atom. The van der Waals surface area contributed by atoms with Gasteiger partial charge in [-0.25, -0.2) is 4.39 Å². The summed E-state index contributed by atoms with van der Waals surface area (Å²) in [4.78, 5) is 0.